The van der Waals surface area contributed by atoms with Crippen molar-refractivity contribution in [3.63, 3.8) is 0 Å². The lowest BCUT2D eigenvalue weighted by Crippen LogP contribution is -2.51. The van der Waals surface area contributed by atoms with Crippen molar-refractivity contribution in [2.75, 3.05) is 12.8 Å². The maximum atomic E-state index is 14.9. The SMILES string of the molecule is COc1ccc(CN2C(=O)C(Cc3ccc(C)cc3F)OC(c3ccc(N)cc3)C2c2ccc(C)cc2)cc1. The highest BCUT2D eigenvalue weighted by Crippen LogP contribution is 2.43. The molecule has 5 rings (SSSR count). The minimum absolute atomic E-state index is 0.135. The topological polar surface area (TPSA) is 64.8 Å². The number of nitrogens with two attached hydrogens (primary N) is 1. The van der Waals surface area contributed by atoms with Gasteiger partial charge in [0.2, 0.25) is 0 Å². The number of hydrogen-bond acceptors (Lipinski definition) is 4. The maximum absolute atomic E-state index is 14.9. The smallest absolute Gasteiger partial charge is 0.253 e. The van der Waals surface area contributed by atoms with E-state index in [2.05, 4.69) is 0 Å². The molecule has 3 atom stereocenters. The number of anilines is 1. The highest BCUT2D eigenvalue weighted by Gasteiger charge is 2.44. The van der Waals surface area contributed by atoms with E-state index < -0.39 is 18.2 Å². The molecule has 200 valence electrons. The van der Waals surface area contributed by atoms with E-state index in [-0.39, 0.29) is 18.1 Å². The Labute approximate surface area is 229 Å². The van der Waals surface area contributed by atoms with Crippen molar-refractivity contribution < 1.29 is 18.7 Å². The predicted octanol–water partition coefficient (Wildman–Crippen LogP) is 6.49. The van der Waals surface area contributed by atoms with Crippen molar-refractivity contribution in [2.24, 2.45) is 0 Å². The fourth-order valence-electron chi connectivity index (χ4n) is 5.12. The van der Waals surface area contributed by atoms with Gasteiger partial charge in [-0.2, -0.15) is 0 Å². The van der Waals surface area contributed by atoms with Crippen molar-refractivity contribution in [1.29, 1.82) is 0 Å². The van der Waals surface area contributed by atoms with Crippen LogP contribution in [0.1, 0.15) is 45.5 Å². The summed E-state index contributed by atoms with van der Waals surface area (Å²) >= 11 is 0. The summed E-state index contributed by atoms with van der Waals surface area (Å²) in [5.41, 5.74) is 11.9. The van der Waals surface area contributed by atoms with Gasteiger partial charge in [0.25, 0.3) is 5.91 Å². The number of morpholine rings is 1. The Bertz CT molecular complexity index is 1440. The van der Waals surface area contributed by atoms with Crippen LogP contribution in [0.15, 0.2) is 91.0 Å². The average molecular weight is 525 g/mol. The number of amides is 1. The van der Waals surface area contributed by atoms with E-state index >= 15 is 0 Å². The molecule has 1 saturated heterocycles. The predicted molar refractivity (Wildman–Crippen MR) is 151 cm³/mol. The molecule has 4 aromatic rings. The monoisotopic (exact) mass is 524 g/mol. The Morgan fingerprint density at radius 1 is 0.872 bits per heavy atom. The number of methoxy groups -OCH3 is 1. The summed E-state index contributed by atoms with van der Waals surface area (Å²) < 4.78 is 26.8. The van der Waals surface area contributed by atoms with Gasteiger partial charge in [0, 0.05) is 18.7 Å². The van der Waals surface area contributed by atoms with Crippen LogP contribution in [0.5, 0.6) is 5.75 Å². The van der Waals surface area contributed by atoms with Gasteiger partial charge in [-0.3, -0.25) is 4.79 Å². The van der Waals surface area contributed by atoms with Crippen LogP contribution in [-0.4, -0.2) is 24.0 Å². The standard InChI is InChI=1S/C33H33FN2O3/c1-21-4-9-24(10-5-21)31-32(25-12-14-27(35)15-13-25)39-30(19-26-11-6-22(2)18-29(26)34)33(37)36(31)20-23-7-16-28(38-3)17-8-23/h4-18,30-32H,19-20,35H2,1-3H3. The molecule has 0 saturated carbocycles. The van der Waals surface area contributed by atoms with Gasteiger partial charge in [0.1, 0.15) is 23.8 Å². The number of nitrogen functional groups attached to an aromatic ring is 1. The zero-order valence-corrected chi connectivity index (χ0v) is 22.4. The Balaban J connectivity index is 1.59. The van der Waals surface area contributed by atoms with Crippen molar-refractivity contribution in [3.05, 3.63) is 130 Å². The van der Waals surface area contributed by atoms with Crippen LogP contribution >= 0.6 is 0 Å². The summed E-state index contributed by atoms with van der Waals surface area (Å²) in [5, 5.41) is 0. The van der Waals surface area contributed by atoms with Crippen LogP contribution in [0.2, 0.25) is 0 Å². The Kier molecular flexibility index (Phi) is 7.66. The van der Waals surface area contributed by atoms with E-state index in [0.29, 0.717) is 17.8 Å². The van der Waals surface area contributed by atoms with E-state index in [4.69, 9.17) is 15.2 Å². The summed E-state index contributed by atoms with van der Waals surface area (Å²) in [4.78, 5) is 16.0. The third-order valence-electron chi connectivity index (χ3n) is 7.30. The molecule has 1 amide bonds. The molecule has 0 aliphatic carbocycles. The first-order valence-electron chi connectivity index (χ1n) is 13.1. The highest BCUT2D eigenvalue weighted by molar-refractivity contribution is 5.83. The van der Waals surface area contributed by atoms with E-state index in [1.165, 1.54) is 6.07 Å². The van der Waals surface area contributed by atoms with Gasteiger partial charge in [-0.05, 0) is 72.0 Å². The lowest BCUT2D eigenvalue weighted by molar-refractivity contribution is -0.175. The summed E-state index contributed by atoms with van der Waals surface area (Å²) in [5.74, 6) is 0.232. The van der Waals surface area contributed by atoms with Gasteiger partial charge in [-0.15, -0.1) is 0 Å². The lowest BCUT2D eigenvalue weighted by atomic mass is 9.89. The molecule has 5 nitrogen and oxygen atoms in total. The third kappa shape index (κ3) is 5.81. The summed E-state index contributed by atoms with van der Waals surface area (Å²) in [6.07, 6.45) is -1.21. The van der Waals surface area contributed by atoms with Crippen LogP contribution in [0.25, 0.3) is 0 Å². The van der Waals surface area contributed by atoms with Gasteiger partial charge in [-0.25, -0.2) is 4.39 Å². The number of carbonyl (C=O) groups excluding carboxylic acids is 1. The summed E-state index contributed by atoms with van der Waals surface area (Å²) in [6, 6.07) is 28.1. The first-order chi connectivity index (χ1) is 18.8. The molecule has 4 aromatic carbocycles. The lowest BCUT2D eigenvalue weighted by Gasteiger charge is -2.45. The number of halogens is 1. The fraction of sp³-hybridized carbons (Fsp3) is 0.242. The van der Waals surface area contributed by atoms with Gasteiger partial charge in [0.05, 0.1) is 13.2 Å². The Morgan fingerprint density at radius 3 is 2.15 bits per heavy atom. The van der Waals surface area contributed by atoms with E-state index in [1.54, 1.807) is 13.2 Å². The average Bonchev–Trinajstić information content (AvgIpc) is 2.93. The maximum Gasteiger partial charge on any atom is 0.253 e. The molecule has 1 heterocycles. The van der Waals surface area contributed by atoms with Crippen LogP contribution in [-0.2, 0) is 22.5 Å². The molecule has 0 aromatic heterocycles. The molecule has 0 radical (unpaired) electrons. The molecular formula is C33H33FN2O3. The second-order valence-corrected chi connectivity index (χ2v) is 10.2. The molecule has 1 aliphatic rings. The molecule has 2 N–H and O–H groups in total. The molecule has 39 heavy (non-hydrogen) atoms. The summed E-state index contributed by atoms with van der Waals surface area (Å²) in [7, 11) is 1.62. The van der Waals surface area contributed by atoms with Crippen molar-refractivity contribution in [1.82, 2.24) is 4.90 Å². The third-order valence-corrected chi connectivity index (χ3v) is 7.30. The molecule has 1 aliphatic heterocycles. The number of nitrogens with zero attached hydrogens (tertiary/aromatic N) is 1. The fourth-order valence-corrected chi connectivity index (χ4v) is 5.12. The molecule has 0 spiro atoms. The molecular weight excluding hydrogens is 491 g/mol. The van der Waals surface area contributed by atoms with E-state index in [9.17, 15) is 9.18 Å². The Hall–Kier alpha value is -4.16. The number of rotatable bonds is 7. The minimum atomic E-state index is -0.857. The number of carbonyl (C=O) groups is 1. The zero-order valence-electron chi connectivity index (χ0n) is 22.4. The largest absolute Gasteiger partial charge is 0.497 e. The number of hydrogen-bond donors (Lipinski definition) is 1. The first kappa shape index (κ1) is 26.4. The normalized spacial score (nSPS) is 19.2. The van der Waals surface area contributed by atoms with E-state index in [0.717, 1.165) is 33.6 Å². The van der Waals surface area contributed by atoms with Crippen LogP contribution in [0.3, 0.4) is 0 Å². The highest BCUT2D eigenvalue weighted by atomic mass is 19.1. The van der Waals surface area contributed by atoms with E-state index in [1.807, 2.05) is 97.6 Å². The quantitative estimate of drug-likeness (QED) is 0.281. The number of benzene rings is 4. The van der Waals surface area contributed by atoms with Crippen LogP contribution < -0.4 is 10.5 Å². The minimum Gasteiger partial charge on any atom is -0.497 e. The second-order valence-electron chi connectivity index (χ2n) is 10.2. The van der Waals surface area contributed by atoms with Gasteiger partial charge < -0.3 is 20.1 Å². The molecule has 6 heteroatoms. The molecule has 1 fully saturated rings. The van der Waals surface area contributed by atoms with Crippen LogP contribution in [0, 0.1) is 19.7 Å². The van der Waals surface area contributed by atoms with Crippen molar-refractivity contribution in [3.8, 4) is 5.75 Å². The van der Waals surface area contributed by atoms with Crippen molar-refractivity contribution in [2.45, 2.75) is 45.1 Å². The zero-order chi connectivity index (χ0) is 27.5. The number of ether oxygens (including phenoxy) is 2. The first-order valence-corrected chi connectivity index (χ1v) is 13.1. The van der Waals surface area contributed by atoms with Crippen molar-refractivity contribution >= 4 is 11.6 Å². The van der Waals surface area contributed by atoms with Gasteiger partial charge in [0.15, 0.2) is 0 Å². The summed E-state index contributed by atoms with van der Waals surface area (Å²) in [6.45, 7) is 4.24. The molecule has 0 bridgehead atoms. The van der Waals surface area contributed by atoms with Gasteiger partial charge >= 0.3 is 0 Å². The van der Waals surface area contributed by atoms with Crippen LogP contribution in [0.4, 0.5) is 10.1 Å². The Morgan fingerprint density at radius 2 is 1.51 bits per heavy atom. The second kappa shape index (κ2) is 11.3. The van der Waals surface area contributed by atoms with Gasteiger partial charge in [-0.1, -0.05) is 66.2 Å². The number of aryl methyl sites for hydroxylation is 2. The molecule has 3 unspecified atom stereocenters.